The molecule has 7 nitrogen and oxygen atoms in total. The van der Waals surface area contributed by atoms with Crippen molar-refractivity contribution in [3.05, 3.63) is 5.28 Å². The lowest BCUT2D eigenvalue weighted by atomic mass is 10.3. The summed E-state index contributed by atoms with van der Waals surface area (Å²) in [4.78, 5) is 11.5. The van der Waals surface area contributed by atoms with Crippen LogP contribution in [0.25, 0.3) is 0 Å². The number of rotatable bonds is 4. The first kappa shape index (κ1) is 12.3. The van der Waals surface area contributed by atoms with Crippen LogP contribution in [0, 0.1) is 0 Å². The highest BCUT2D eigenvalue weighted by Gasteiger charge is 2.15. The Kier molecular flexibility index (Phi) is 4.29. The molecule has 0 saturated carbocycles. The van der Waals surface area contributed by atoms with Crippen molar-refractivity contribution in [3.63, 3.8) is 0 Å². The van der Waals surface area contributed by atoms with Crippen LogP contribution < -0.4 is 14.8 Å². The van der Waals surface area contributed by atoms with E-state index in [1.54, 1.807) is 0 Å². The highest BCUT2D eigenvalue weighted by molar-refractivity contribution is 6.28. The molecule has 1 N–H and O–H groups in total. The second-order valence-corrected chi connectivity index (χ2v) is 3.72. The Morgan fingerprint density at radius 1 is 1.41 bits per heavy atom. The van der Waals surface area contributed by atoms with Gasteiger partial charge < -0.3 is 19.5 Å². The zero-order valence-electron chi connectivity index (χ0n) is 9.35. The van der Waals surface area contributed by atoms with Crippen LogP contribution in [0.2, 0.25) is 5.28 Å². The van der Waals surface area contributed by atoms with Gasteiger partial charge in [0.1, 0.15) is 12.7 Å². The second kappa shape index (κ2) is 5.95. The molecule has 1 aliphatic rings. The third-order valence-electron chi connectivity index (χ3n) is 2.15. The van der Waals surface area contributed by atoms with E-state index in [-0.39, 0.29) is 23.4 Å². The molecule has 0 aromatic carbocycles. The smallest absolute Gasteiger partial charge is 0.324 e. The van der Waals surface area contributed by atoms with Crippen LogP contribution in [0.5, 0.6) is 12.0 Å². The van der Waals surface area contributed by atoms with Crippen LogP contribution in [0.15, 0.2) is 0 Å². The molecule has 17 heavy (non-hydrogen) atoms. The van der Waals surface area contributed by atoms with E-state index in [0.717, 1.165) is 13.1 Å². The molecular formula is C9H13ClN4O3. The van der Waals surface area contributed by atoms with Crippen LogP contribution >= 0.6 is 11.6 Å². The molecule has 1 aliphatic heterocycles. The van der Waals surface area contributed by atoms with Crippen molar-refractivity contribution < 1.29 is 14.2 Å². The summed E-state index contributed by atoms with van der Waals surface area (Å²) in [5.74, 6) is 0. The number of aromatic nitrogens is 3. The van der Waals surface area contributed by atoms with E-state index >= 15 is 0 Å². The summed E-state index contributed by atoms with van der Waals surface area (Å²) in [5, 5.41) is 3.23. The first-order valence-corrected chi connectivity index (χ1v) is 5.56. The zero-order valence-corrected chi connectivity index (χ0v) is 10.1. The van der Waals surface area contributed by atoms with Gasteiger partial charge in [0.15, 0.2) is 0 Å². The number of halogens is 1. The average molecular weight is 261 g/mol. The maximum absolute atomic E-state index is 5.68. The topological polar surface area (TPSA) is 78.4 Å². The molecule has 2 rings (SSSR count). The van der Waals surface area contributed by atoms with Gasteiger partial charge in [0, 0.05) is 13.1 Å². The standard InChI is InChI=1S/C9H13ClN4O3/c1-15-8-12-7(10)13-9(14-8)17-5-6-4-11-2-3-16-6/h6,11H,2-5H2,1H3. The molecule has 0 bridgehead atoms. The van der Waals surface area contributed by atoms with E-state index in [0.29, 0.717) is 13.2 Å². The maximum atomic E-state index is 5.68. The van der Waals surface area contributed by atoms with E-state index in [1.807, 2.05) is 0 Å². The fraction of sp³-hybridized carbons (Fsp3) is 0.667. The van der Waals surface area contributed by atoms with E-state index < -0.39 is 0 Å². The predicted molar refractivity (Wildman–Crippen MR) is 59.5 cm³/mol. The van der Waals surface area contributed by atoms with Gasteiger partial charge in [-0.1, -0.05) is 0 Å². The Balaban J connectivity index is 1.91. The zero-order chi connectivity index (χ0) is 12.1. The minimum absolute atomic E-state index is 0.00899. The number of nitrogens with one attached hydrogen (secondary N) is 1. The lowest BCUT2D eigenvalue weighted by molar-refractivity contribution is -0.00197. The second-order valence-electron chi connectivity index (χ2n) is 3.38. The summed E-state index contributed by atoms with van der Waals surface area (Å²) in [5.41, 5.74) is 0. The largest absolute Gasteiger partial charge is 0.467 e. The fourth-order valence-corrected chi connectivity index (χ4v) is 1.51. The predicted octanol–water partition coefficient (Wildman–Crippen LogP) is -0.0992. The fourth-order valence-electron chi connectivity index (χ4n) is 1.36. The van der Waals surface area contributed by atoms with Gasteiger partial charge in [0.2, 0.25) is 5.28 Å². The van der Waals surface area contributed by atoms with Gasteiger partial charge >= 0.3 is 12.0 Å². The monoisotopic (exact) mass is 260 g/mol. The molecule has 94 valence electrons. The van der Waals surface area contributed by atoms with Crippen molar-refractivity contribution in [1.29, 1.82) is 0 Å². The minimum Gasteiger partial charge on any atom is -0.467 e. The molecule has 0 aliphatic carbocycles. The number of methoxy groups -OCH3 is 1. The van der Waals surface area contributed by atoms with Crippen molar-refractivity contribution in [2.75, 3.05) is 33.4 Å². The van der Waals surface area contributed by atoms with Gasteiger partial charge in [-0.25, -0.2) is 0 Å². The number of morpholine rings is 1. The van der Waals surface area contributed by atoms with Gasteiger partial charge in [-0.15, -0.1) is 4.98 Å². The molecule has 2 heterocycles. The van der Waals surface area contributed by atoms with Crippen molar-refractivity contribution in [2.24, 2.45) is 0 Å². The Bertz CT molecular complexity index is 373. The van der Waals surface area contributed by atoms with Crippen LogP contribution in [-0.4, -0.2) is 54.5 Å². The molecule has 1 fully saturated rings. The number of ether oxygens (including phenoxy) is 3. The third kappa shape index (κ3) is 3.65. The first-order chi connectivity index (χ1) is 8.28. The molecule has 1 atom stereocenters. The van der Waals surface area contributed by atoms with Gasteiger partial charge in [0.05, 0.1) is 13.7 Å². The Morgan fingerprint density at radius 3 is 2.94 bits per heavy atom. The van der Waals surface area contributed by atoms with Gasteiger partial charge in [-0.2, -0.15) is 9.97 Å². The lowest BCUT2D eigenvalue weighted by Crippen LogP contribution is -2.41. The van der Waals surface area contributed by atoms with Gasteiger partial charge in [0.25, 0.3) is 0 Å². The quantitative estimate of drug-likeness (QED) is 0.810. The van der Waals surface area contributed by atoms with Crippen LogP contribution in [0.4, 0.5) is 0 Å². The van der Waals surface area contributed by atoms with Crippen LogP contribution in [0.3, 0.4) is 0 Å². The lowest BCUT2D eigenvalue weighted by Gasteiger charge is -2.23. The molecule has 0 spiro atoms. The number of hydrogen-bond acceptors (Lipinski definition) is 7. The number of nitrogens with zero attached hydrogens (tertiary/aromatic N) is 3. The summed E-state index contributed by atoms with van der Waals surface area (Å²) in [6.07, 6.45) is -0.00899. The SMILES string of the molecule is COc1nc(Cl)nc(OCC2CNCCO2)n1. The van der Waals surface area contributed by atoms with E-state index in [4.69, 9.17) is 25.8 Å². The average Bonchev–Trinajstić information content (AvgIpc) is 2.37. The Labute approximate surface area is 103 Å². The van der Waals surface area contributed by atoms with Gasteiger partial charge in [-0.3, -0.25) is 0 Å². The molecule has 1 saturated heterocycles. The molecular weight excluding hydrogens is 248 g/mol. The first-order valence-electron chi connectivity index (χ1n) is 5.18. The van der Waals surface area contributed by atoms with Crippen LogP contribution in [-0.2, 0) is 4.74 Å². The Morgan fingerprint density at radius 2 is 2.24 bits per heavy atom. The molecule has 1 unspecified atom stereocenters. The van der Waals surface area contributed by atoms with Gasteiger partial charge in [-0.05, 0) is 11.6 Å². The van der Waals surface area contributed by atoms with E-state index in [1.165, 1.54) is 7.11 Å². The highest BCUT2D eigenvalue weighted by Crippen LogP contribution is 2.13. The normalized spacial score (nSPS) is 20.0. The summed E-state index contributed by atoms with van der Waals surface area (Å²) in [6.45, 7) is 2.64. The third-order valence-corrected chi connectivity index (χ3v) is 2.32. The molecule has 0 radical (unpaired) electrons. The Hall–Kier alpha value is -1.18. The van der Waals surface area contributed by atoms with Crippen molar-refractivity contribution >= 4 is 11.6 Å². The summed E-state index contributed by atoms with van der Waals surface area (Å²) < 4.78 is 15.7. The van der Waals surface area contributed by atoms with E-state index in [2.05, 4.69) is 20.3 Å². The molecule has 1 aromatic heterocycles. The summed E-state index contributed by atoms with van der Waals surface area (Å²) in [7, 11) is 1.45. The van der Waals surface area contributed by atoms with Crippen molar-refractivity contribution in [3.8, 4) is 12.0 Å². The summed E-state index contributed by atoms with van der Waals surface area (Å²) >= 11 is 5.68. The summed E-state index contributed by atoms with van der Waals surface area (Å²) in [6, 6.07) is 0.263. The molecule has 0 amide bonds. The highest BCUT2D eigenvalue weighted by atomic mass is 35.5. The maximum Gasteiger partial charge on any atom is 0.324 e. The van der Waals surface area contributed by atoms with Crippen molar-refractivity contribution in [1.82, 2.24) is 20.3 Å². The minimum atomic E-state index is -0.00899. The van der Waals surface area contributed by atoms with Crippen LogP contribution in [0.1, 0.15) is 0 Å². The van der Waals surface area contributed by atoms with Crippen molar-refractivity contribution in [2.45, 2.75) is 6.10 Å². The molecule has 1 aromatic rings. The number of hydrogen-bond donors (Lipinski definition) is 1. The molecule has 8 heteroatoms. The van der Waals surface area contributed by atoms with E-state index in [9.17, 15) is 0 Å².